The normalized spacial score (nSPS) is 12.2. The fraction of sp³-hybridized carbons (Fsp3) is 0.636. The molecule has 0 aromatic heterocycles. The van der Waals surface area contributed by atoms with E-state index in [1.807, 2.05) is 6.92 Å². The molecule has 0 saturated carbocycles. The van der Waals surface area contributed by atoms with Gasteiger partial charge in [0.2, 0.25) is 0 Å². The lowest BCUT2D eigenvalue weighted by Crippen LogP contribution is -2.08. The van der Waals surface area contributed by atoms with Gasteiger partial charge in [0.1, 0.15) is 11.6 Å². The summed E-state index contributed by atoms with van der Waals surface area (Å²) >= 11 is 0. The molecule has 74 valence electrons. The first-order valence-electron chi connectivity index (χ1n) is 4.71. The van der Waals surface area contributed by atoms with E-state index in [0.717, 1.165) is 6.42 Å². The van der Waals surface area contributed by atoms with Gasteiger partial charge in [0.25, 0.3) is 0 Å². The van der Waals surface area contributed by atoms with Gasteiger partial charge in [-0.15, -0.1) is 6.58 Å². The molecule has 2 heteroatoms. The van der Waals surface area contributed by atoms with Gasteiger partial charge in [0.05, 0.1) is 0 Å². The van der Waals surface area contributed by atoms with Crippen LogP contribution in [0.15, 0.2) is 12.7 Å². The van der Waals surface area contributed by atoms with Crippen LogP contribution in [0.4, 0.5) is 0 Å². The molecule has 0 rings (SSSR count). The van der Waals surface area contributed by atoms with E-state index in [4.69, 9.17) is 0 Å². The van der Waals surface area contributed by atoms with Gasteiger partial charge in [-0.05, 0) is 19.8 Å². The average molecular weight is 182 g/mol. The SMILES string of the molecule is C=CCCC(=O)CC[C@H](C)C(C)=O. The van der Waals surface area contributed by atoms with Crippen molar-refractivity contribution < 1.29 is 9.59 Å². The summed E-state index contributed by atoms with van der Waals surface area (Å²) < 4.78 is 0. The maximum Gasteiger partial charge on any atom is 0.133 e. The first-order chi connectivity index (χ1) is 6.07. The summed E-state index contributed by atoms with van der Waals surface area (Å²) in [7, 11) is 0. The number of ketones is 2. The zero-order valence-corrected chi connectivity index (χ0v) is 8.51. The highest BCUT2D eigenvalue weighted by Crippen LogP contribution is 2.08. The van der Waals surface area contributed by atoms with E-state index in [2.05, 4.69) is 6.58 Å². The van der Waals surface area contributed by atoms with Crippen molar-refractivity contribution in [1.82, 2.24) is 0 Å². The Hall–Kier alpha value is -0.920. The molecule has 0 aliphatic carbocycles. The minimum Gasteiger partial charge on any atom is -0.300 e. The van der Waals surface area contributed by atoms with Gasteiger partial charge in [-0.25, -0.2) is 0 Å². The van der Waals surface area contributed by atoms with Gasteiger partial charge >= 0.3 is 0 Å². The molecule has 0 unspecified atom stereocenters. The zero-order chi connectivity index (χ0) is 10.3. The predicted octanol–water partition coefficient (Wildman–Crippen LogP) is 2.53. The molecule has 0 saturated heterocycles. The van der Waals surface area contributed by atoms with E-state index in [1.54, 1.807) is 13.0 Å². The number of carbonyl (C=O) groups is 2. The Labute approximate surface area is 80.0 Å². The van der Waals surface area contributed by atoms with Gasteiger partial charge < -0.3 is 0 Å². The van der Waals surface area contributed by atoms with Crippen LogP contribution in [-0.4, -0.2) is 11.6 Å². The summed E-state index contributed by atoms with van der Waals surface area (Å²) in [5.74, 6) is 0.414. The molecule has 0 aromatic rings. The molecule has 0 N–H and O–H groups in total. The van der Waals surface area contributed by atoms with Crippen LogP contribution in [0.3, 0.4) is 0 Å². The molecule has 0 aliphatic rings. The molecule has 0 fully saturated rings. The molecule has 0 aliphatic heterocycles. The van der Waals surface area contributed by atoms with E-state index in [0.29, 0.717) is 19.3 Å². The zero-order valence-electron chi connectivity index (χ0n) is 8.51. The number of hydrogen-bond acceptors (Lipinski definition) is 2. The molecule has 0 radical (unpaired) electrons. The lowest BCUT2D eigenvalue weighted by molar-refractivity contribution is -0.121. The quantitative estimate of drug-likeness (QED) is 0.567. The highest BCUT2D eigenvalue weighted by atomic mass is 16.1. The Balaban J connectivity index is 3.57. The second-order valence-electron chi connectivity index (χ2n) is 3.42. The standard InChI is InChI=1S/C11H18O2/c1-4-5-6-11(13)8-7-9(2)10(3)12/h4,9H,1,5-8H2,2-3H3/t9-/m0/s1. The first-order valence-corrected chi connectivity index (χ1v) is 4.71. The van der Waals surface area contributed by atoms with Crippen LogP contribution >= 0.6 is 0 Å². The third-order valence-corrected chi connectivity index (χ3v) is 2.18. The second kappa shape index (κ2) is 6.58. The molecule has 0 aromatic carbocycles. The van der Waals surface area contributed by atoms with Crippen LogP contribution in [0.1, 0.15) is 39.5 Å². The van der Waals surface area contributed by atoms with E-state index < -0.39 is 0 Å². The largest absolute Gasteiger partial charge is 0.300 e. The Morgan fingerprint density at radius 1 is 1.38 bits per heavy atom. The predicted molar refractivity (Wildman–Crippen MR) is 53.5 cm³/mol. The number of hydrogen-bond donors (Lipinski definition) is 0. The third kappa shape index (κ3) is 6.26. The Morgan fingerprint density at radius 2 is 2.00 bits per heavy atom. The summed E-state index contributed by atoms with van der Waals surface area (Å²) in [6.07, 6.45) is 4.26. The van der Waals surface area contributed by atoms with E-state index in [1.165, 1.54) is 0 Å². The number of Topliss-reactive ketones (excluding diaryl/α,β-unsaturated/α-hetero) is 2. The summed E-state index contributed by atoms with van der Waals surface area (Å²) in [5, 5.41) is 0. The molecule has 0 bridgehead atoms. The van der Waals surface area contributed by atoms with Crippen molar-refractivity contribution in [1.29, 1.82) is 0 Å². The maximum atomic E-state index is 11.2. The third-order valence-electron chi connectivity index (χ3n) is 2.18. The van der Waals surface area contributed by atoms with Crippen molar-refractivity contribution in [2.75, 3.05) is 0 Å². The van der Waals surface area contributed by atoms with Crippen molar-refractivity contribution in [3.63, 3.8) is 0 Å². The highest BCUT2D eigenvalue weighted by Gasteiger charge is 2.09. The minimum absolute atomic E-state index is 0.0210. The summed E-state index contributed by atoms with van der Waals surface area (Å²) in [5.41, 5.74) is 0. The monoisotopic (exact) mass is 182 g/mol. The lowest BCUT2D eigenvalue weighted by Gasteiger charge is -2.05. The van der Waals surface area contributed by atoms with Crippen molar-refractivity contribution in [3.8, 4) is 0 Å². The Bertz CT molecular complexity index is 194. The molecule has 1 atom stereocenters. The van der Waals surface area contributed by atoms with Gasteiger partial charge in [-0.3, -0.25) is 9.59 Å². The fourth-order valence-corrected chi connectivity index (χ4v) is 0.969. The molecule has 0 spiro atoms. The van der Waals surface area contributed by atoms with E-state index in [9.17, 15) is 9.59 Å². The van der Waals surface area contributed by atoms with Gasteiger partial charge in [-0.1, -0.05) is 13.0 Å². The van der Waals surface area contributed by atoms with Gasteiger partial charge in [0, 0.05) is 18.8 Å². The molecular weight excluding hydrogens is 164 g/mol. The molecule has 13 heavy (non-hydrogen) atoms. The van der Waals surface area contributed by atoms with E-state index >= 15 is 0 Å². The summed E-state index contributed by atoms with van der Waals surface area (Å²) in [4.78, 5) is 22.0. The lowest BCUT2D eigenvalue weighted by atomic mass is 9.99. The van der Waals surface area contributed by atoms with Crippen LogP contribution in [-0.2, 0) is 9.59 Å². The second-order valence-corrected chi connectivity index (χ2v) is 3.42. The summed E-state index contributed by atoms with van der Waals surface area (Å²) in [6, 6.07) is 0. The van der Waals surface area contributed by atoms with Crippen LogP contribution in [0.25, 0.3) is 0 Å². The topological polar surface area (TPSA) is 34.1 Å². The maximum absolute atomic E-state index is 11.2. The van der Waals surface area contributed by atoms with Crippen molar-refractivity contribution in [2.45, 2.75) is 39.5 Å². The average Bonchev–Trinajstić information content (AvgIpc) is 2.10. The Kier molecular flexibility index (Phi) is 6.11. The molecular formula is C11H18O2. The van der Waals surface area contributed by atoms with Crippen molar-refractivity contribution in [3.05, 3.63) is 12.7 Å². The fourth-order valence-electron chi connectivity index (χ4n) is 0.969. The van der Waals surface area contributed by atoms with Gasteiger partial charge in [-0.2, -0.15) is 0 Å². The molecule has 0 amide bonds. The number of allylic oxidation sites excluding steroid dienone is 1. The minimum atomic E-state index is 0.0210. The molecule has 2 nitrogen and oxygen atoms in total. The van der Waals surface area contributed by atoms with Crippen LogP contribution in [0.2, 0.25) is 0 Å². The van der Waals surface area contributed by atoms with Crippen LogP contribution < -0.4 is 0 Å². The molecule has 0 heterocycles. The highest BCUT2D eigenvalue weighted by molar-refractivity contribution is 5.81. The van der Waals surface area contributed by atoms with Crippen LogP contribution in [0, 0.1) is 5.92 Å². The van der Waals surface area contributed by atoms with E-state index in [-0.39, 0.29) is 17.5 Å². The summed E-state index contributed by atoms with van der Waals surface area (Å²) in [6.45, 7) is 6.98. The number of carbonyl (C=O) groups excluding carboxylic acids is 2. The Morgan fingerprint density at radius 3 is 2.46 bits per heavy atom. The van der Waals surface area contributed by atoms with Crippen molar-refractivity contribution in [2.24, 2.45) is 5.92 Å². The van der Waals surface area contributed by atoms with Gasteiger partial charge in [0.15, 0.2) is 0 Å². The van der Waals surface area contributed by atoms with Crippen LogP contribution in [0.5, 0.6) is 0 Å². The number of rotatable bonds is 7. The first kappa shape index (κ1) is 12.1. The smallest absolute Gasteiger partial charge is 0.133 e. The van der Waals surface area contributed by atoms with Crippen molar-refractivity contribution >= 4 is 11.6 Å².